The molecule has 18 heavy (non-hydrogen) atoms. The summed E-state index contributed by atoms with van der Waals surface area (Å²) in [4.78, 5) is 0. The van der Waals surface area contributed by atoms with Crippen LogP contribution in [-0.4, -0.2) is 12.2 Å². The highest BCUT2D eigenvalue weighted by Crippen LogP contribution is 2.31. The molecule has 0 atom stereocenters. The van der Waals surface area contributed by atoms with E-state index in [1.807, 2.05) is 12.1 Å². The zero-order chi connectivity index (χ0) is 13.3. The zero-order valence-corrected chi connectivity index (χ0v) is 11.4. The maximum Gasteiger partial charge on any atom is 0.125 e. The third-order valence-corrected chi connectivity index (χ3v) is 3.33. The fraction of sp³-hybridized carbons (Fsp3) is 0.375. The molecule has 0 aliphatic heterocycles. The Hall–Kier alpha value is -1.54. The molecule has 1 N–H and O–H groups in total. The van der Waals surface area contributed by atoms with Gasteiger partial charge in [0.1, 0.15) is 5.75 Å². The van der Waals surface area contributed by atoms with Gasteiger partial charge in [-0.15, -0.1) is 0 Å². The number of hydrogen-bond donors (Lipinski definition) is 1. The molecule has 0 bridgehead atoms. The normalized spacial score (nSPS) is 11.8. The Morgan fingerprint density at radius 3 is 2.39 bits per heavy atom. The van der Waals surface area contributed by atoms with Crippen LogP contribution < -0.4 is 4.74 Å². The summed E-state index contributed by atoms with van der Waals surface area (Å²) in [5, 5.41) is 11.7. The van der Waals surface area contributed by atoms with Crippen molar-refractivity contribution in [3.63, 3.8) is 0 Å². The summed E-state index contributed by atoms with van der Waals surface area (Å²) in [6.45, 7) is 6.59. The number of aliphatic hydroxyl groups is 1. The molecule has 0 aliphatic carbocycles. The van der Waals surface area contributed by atoms with Crippen molar-refractivity contribution in [3.8, 4) is 5.75 Å². The van der Waals surface area contributed by atoms with Crippen LogP contribution in [0.5, 0.6) is 5.75 Å². The molecule has 2 nitrogen and oxygen atoms in total. The molecular weight excluding hydrogens is 224 g/mol. The van der Waals surface area contributed by atoms with E-state index in [1.54, 1.807) is 7.11 Å². The van der Waals surface area contributed by atoms with Crippen molar-refractivity contribution < 1.29 is 9.84 Å². The van der Waals surface area contributed by atoms with Gasteiger partial charge >= 0.3 is 0 Å². The number of methoxy groups -OCH3 is 1. The van der Waals surface area contributed by atoms with E-state index in [9.17, 15) is 5.11 Å². The SMILES string of the molecule is COc1ccc2cc(C(C)(C)C)ccc2c1CO. The molecule has 2 heteroatoms. The molecule has 0 unspecified atom stereocenters. The first-order valence-corrected chi connectivity index (χ1v) is 6.18. The predicted octanol–water partition coefficient (Wildman–Crippen LogP) is 3.64. The van der Waals surface area contributed by atoms with Crippen LogP contribution in [0.2, 0.25) is 0 Å². The Kier molecular flexibility index (Phi) is 3.31. The molecular formula is C16H20O2. The van der Waals surface area contributed by atoms with Gasteiger partial charge in [0.25, 0.3) is 0 Å². The highest BCUT2D eigenvalue weighted by atomic mass is 16.5. The number of rotatable bonds is 2. The lowest BCUT2D eigenvalue weighted by molar-refractivity contribution is 0.275. The first-order chi connectivity index (χ1) is 8.47. The van der Waals surface area contributed by atoms with Crippen molar-refractivity contribution in [1.82, 2.24) is 0 Å². The highest BCUT2D eigenvalue weighted by Gasteiger charge is 2.15. The molecule has 0 aliphatic rings. The van der Waals surface area contributed by atoms with Crippen LogP contribution in [-0.2, 0) is 12.0 Å². The second-order valence-electron chi connectivity index (χ2n) is 5.59. The lowest BCUT2D eigenvalue weighted by Crippen LogP contribution is -2.10. The first-order valence-electron chi connectivity index (χ1n) is 6.18. The van der Waals surface area contributed by atoms with Gasteiger partial charge in [0, 0.05) is 5.56 Å². The van der Waals surface area contributed by atoms with E-state index in [4.69, 9.17) is 4.74 Å². The van der Waals surface area contributed by atoms with Crippen molar-refractivity contribution in [2.75, 3.05) is 7.11 Å². The summed E-state index contributed by atoms with van der Waals surface area (Å²) in [5.41, 5.74) is 2.28. The van der Waals surface area contributed by atoms with Crippen LogP contribution in [0.4, 0.5) is 0 Å². The molecule has 0 fully saturated rings. The number of aliphatic hydroxyl groups excluding tert-OH is 1. The minimum atomic E-state index is -0.00459. The van der Waals surface area contributed by atoms with Gasteiger partial charge in [-0.2, -0.15) is 0 Å². The molecule has 0 spiro atoms. The van der Waals surface area contributed by atoms with Gasteiger partial charge in [-0.3, -0.25) is 0 Å². The number of benzene rings is 2. The van der Waals surface area contributed by atoms with E-state index in [-0.39, 0.29) is 12.0 Å². The van der Waals surface area contributed by atoms with Crippen molar-refractivity contribution in [2.24, 2.45) is 0 Å². The van der Waals surface area contributed by atoms with E-state index in [0.29, 0.717) is 0 Å². The van der Waals surface area contributed by atoms with Gasteiger partial charge in [-0.05, 0) is 27.8 Å². The van der Waals surface area contributed by atoms with E-state index in [0.717, 1.165) is 22.1 Å². The van der Waals surface area contributed by atoms with Crippen molar-refractivity contribution in [1.29, 1.82) is 0 Å². The fourth-order valence-electron chi connectivity index (χ4n) is 2.20. The molecule has 0 radical (unpaired) electrons. The van der Waals surface area contributed by atoms with E-state index in [2.05, 4.69) is 39.0 Å². The number of fused-ring (bicyclic) bond motifs is 1. The van der Waals surface area contributed by atoms with Crippen LogP contribution in [0.3, 0.4) is 0 Å². The highest BCUT2D eigenvalue weighted by molar-refractivity contribution is 5.88. The fourth-order valence-corrected chi connectivity index (χ4v) is 2.20. The molecule has 0 saturated heterocycles. The summed E-state index contributed by atoms with van der Waals surface area (Å²) in [6.07, 6.45) is 0. The maximum atomic E-state index is 9.50. The lowest BCUT2D eigenvalue weighted by atomic mass is 9.85. The molecule has 0 heterocycles. The van der Waals surface area contributed by atoms with Gasteiger partial charge in [-0.25, -0.2) is 0 Å². The van der Waals surface area contributed by atoms with Crippen molar-refractivity contribution in [3.05, 3.63) is 41.5 Å². The van der Waals surface area contributed by atoms with Crippen LogP contribution in [0.15, 0.2) is 30.3 Å². The standard InChI is InChI=1S/C16H20O2/c1-16(2,3)12-6-7-13-11(9-12)5-8-15(18-4)14(13)10-17/h5-9,17H,10H2,1-4H3. The third kappa shape index (κ3) is 2.21. The zero-order valence-electron chi connectivity index (χ0n) is 11.4. The van der Waals surface area contributed by atoms with Gasteiger partial charge < -0.3 is 9.84 Å². The van der Waals surface area contributed by atoms with Crippen LogP contribution in [0.25, 0.3) is 10.8 Å². The van der Waals surface area contributed by atoms with E-state index < -0.39 is 0 Å². The Bertz CT molecular complexity index is 565. The smallest absolute Gasteiger partial charge is 0.125 e. The third-order valence-electron chi connectivity index (χ3n) is 3.33. The minimum Gasteiger partial charge on any atom is -0.496 e. The molecule has 0 saturated carbocycles. The second-order valence-corrected chi connectivity index (χ2v) is 5.59. The number of hydrogen-bond acceptors (Lipinski definition) is 2. The molecule has 2 rings (SSSR count). The Morgan fingerprint density at radius 1 is 1.11 bits per heavy atom. The Balaban J connectivity index is 2.67. The van der Waals surface area contributed by atoms with E-state index >= 15 is 0 Å². The summed E-state index contributed by atoms with van der Waals surface area (Å²) in [7, 11) is 1.63. The Labute approximate surface area is 108 Å². The number of ether oxygens (including phenoxy) is 1. The molecule has 0 amide bonds. The van der Waals surface area contributed by atoms with Crippen LogP contribution >= 0.6 is 0 Å². The van der Waals surface area contributed by atoms with Crippen LogP contribution in [0.1, 0.15) is 31.9 Å². The van der Waals surface area contributed by atoms with Crippen molar-refractivity contribution >= 4 is 10.8 Å². The lowest BCUT2D eigenvalue weighted by Gasteiger charge is -2.20. The summed E-state index contributed by atoms with van der Waals surface area (Å²) in [6, 6.07) is 10.3. The van der Waals surface area contributed by atoms with E-state index in [1.165, 1.54) is 5.56 Å². The quantitative estimate of drug-likeness (QED) is 0.874. The summed E-state index contributed by atoms with van der Waals surface area (Å²) in [5.74, 6) is 0.744. The monoisotopic (exact) mass is 244 g/mol. The molecule has 2 aromatic rings. The molecule has 0 aromatic heterocycles. The first kappa shape index (κ1) is 12.9. The van der Waals surface area contributed by atoms with Gasteiger partial charge in [0.2, 0.25) is 0 Å². The average Bonchev–Trinajstić information content (AvgIpc) is 2.35. The van der Waals surface area contributed by atoms with Gasteiger partial charge in [0.15, 0.2) is 0 Å². The minimum absolute atomic E-state index is 0.00459. The van der Waals surface area contributed by atoms with Gasteiger partial charge in [0.05, 0.1) is 13.7 Å². The largest absolute Gasteiger partial charge is 0.496 e. The maximum absolute atomic E-state index is 9.50. The van der Waals surface area contributed by atoms with Gasteiger partial charge in [-0.1, -0.05) is 45.0 Å². The van der Waals surface area contributed by atoms with Crippen LogP contribution in [0, 0.1) is 0 Å². The van der Waals surface area contributed by atoms with Crippen molar-refractivity contribution in [2.45, 2.75) is 32.8 Å². The predicted molar refractivity (Wildman–Crippen MR) is 75.1 cm³/mol. The molecule has 96 valence electrons. The average molecular weight is 244 g/mol. The summed E-state index contributed by atoms with van der Waals surface area (Å²) < 4.78 is 5.28. The Morgan fingerprint density at radius 2 is 1.83 bits per heavy atom. The molecule has 2 aromatic carbocycles. The second kappa shape index (κ2) is 4.62. The summed E-state index contributed by atoms with van der Waals surface area (Å²) >= 11 is 0. The topological polar surface area (TPSA) is 29.5 Å².